The van der Waals surface area contributed by atoms with Crippen molar-refractivity contribution in [2.45, 2.75) is 59.6 Å². The van der Waals surface area contributed by atoms with E-state index >= 15 is 0 Å². The quantitative estimate of drug-likeness (QED) is 0.132. The number of carbonyl (C=O) groups excluding carboxylic acids is 1. The van der Waals surface area contributed by atoms with Crippen LogP contribution in [0.1, 0.15) is 61.2 Å². The summed E-state index contributed by atoms with van der Waals surface area (Å²) in [6.45, 7) is 11.1. The first-order chi connectivity index (χ1) is 17.8. The van der Waals surface area contributed by atoms with E-state index in [9.17, 15) is 4.79 Å². The van der Waals surface area contributed by atoms with E-state index in [2.05, 4.69) is 16.8 Å². The molecule has 1 aliphatic heterocycles. The second-order valence-electron chi connectivity index (χ2n) is 9.75. The summed E-state index contributed by atoms with van der Waals surface area (Å²) in [4.78, 5) is 24.2. The summed E-state index contributed by atoms with van der Waals surface area (Å²) in [5, 5.41) is 26.8. The number of guanidine groups is 1. The van der Waals surface area contributed by atoms with Crippen LogP contribution in [0.2, 0.25) is 0 Å². The third-order valence-electron chi connectivity index (χ3n) is 5.60. The molecule has 1 aromatic carbocycles. The largest absolute Gasteiger partial charge is 0.460 e. The number of nitrogens with two attached hydrogens (primary N) is 1. The van der Waals surface area contributed by atoms with E-state index in [-0.39, 0.29) is 30.6 Å². The Hall–Kier alpha value is -4.01. The topological polar surface area (TPSA) is 160 Å². The molecule has 0 fully saturated rings. The van der Waals surface area contributed by atoms with Gasteiger partial charge in [0, 0.05) is 21.6 Å². The Balaban J connectivity index is 2.08. The molecule has 200 valence electrons. The number of carbonyl (C=O) groups is 1. The van der Waals surface area contributed by atoms with Gasteiger partial charge in [0.2, 0.25) is 5.96 Å². The lowest BCUT2D eigenvalue weighted by Crippen LogP contribution is -2.41. The maximum atomic E-state index is 12.8. The average molecular weight is 536 g/mol. The third-order valence-corrected chi connectivity index (χ3v) is 6.79. The van der Waals surface area contributed by atoms with Crippen molar-refractivity contribution < 1.29 is 14.7 Å². The van der Waals surface area contributed by atoms with E-state index in [0.717, 1.165) is 32.1 Å². The van der Waals surface area contributed by atoms with E-state index in [0.29, 0.717) is 5.71 Å². The zero-order valence-electron chi connectivity index (χ0n) is 22.4. The van der Waals surface area contributed by atoms with Crippen molar-refractivity contribution in [3.05, 3.63) is 51.4 Å². The van der Waals surface area contributed by atoms with Gasteiger partial charge in [0.05, 0.1) is 12.1 Å². The minimum Gasteiger partial charge on any atom is -0.460 e. The maximum Gasteiger partial charge on any atom is 0.308 e. The molecule has 6 N–H and O–H groups in total. The lowest BCUT2D eigenvalue weighted by molar-refractivity contribution is -0.154. The van der Waals surface area contributed by atoms with Crippen LogP contribution < -0.4 is 16.1 Å². The predicted molar refractivity (Wildman–Crippen MR) is 152 cm³/mol. The molecule has 1 aromatic heterocycles. The normalized spacial score (nSPS) is 15.6. The molecule has 0 saturated heterocycles. The van der Waals surface area contributed by atoms with Gasteiger partial charge in [-0.3, -0.25) is 30.7 Å². The van der Waals surface area contributed by atoms with Gasteiger partial charge < -0.3 is 10.5 Å². The Morgan fingerprint density at radius 3 is 2.55 bits per heavy atom. The number of aryl methyl sites for hydroxylation is 1. The van der Waals surface area contributed by atoms with E-state index < -0.39 is 17.6 Å². The molecule has 11 heteroatoms. The first kappa shape index (κ1) is 28.6. The summed E-state index contributed by atoms with van der Waals surface area (Å²) in [5.74, 6) is 5.53. The summed E-state index contributed by atoms with van der Waals surface area (Å²) in [6, 6.07) is 6.67. The average Bonchev–Trinajstić information content (AvgIpc) is 3.04. The molecular formula is C27H33N7O3S. The Labute approximate surface area is 226 Å². The number of nitrogens with one attached hydrogen (secondary N) is 3. The van der Waals surface area contributed by atoms with Crippen molar-refractivity contribution in [3.63, 3.8) is 0 Å². The molecular weight excluding hydrogens is 502 g/mol. The molecule has 0 unspecified atom stereocenters. The van der Waals surface area contributed by atoms with Gasteiger partial charge in [-0.05, 0) is 59.2 Å². The van der Waals surface area contributed by atoms with E-state index in [1.807, 2.05) is 38.1 Å². The summed E-state index contributed by atoms with van der Waals surface area (Å²) in [7, 11) is 0. The van der Waals surface area contributed by atoms with Crippen molar-refractivity contribution >= 4 is 45.6 Å². The van der Waals surface area contributed by atoms with Crippen molar-refractivity contribution in [2.75, 3.05) is 11.4 Å². The monoisotopic (exact) mass is 535 g/mol. The molecule has 0 aliphatic carbocycles. The number of esters is 1. The Kier molecular flexibility index (Phi) is 8.70. The van der Waals surface area contributed by atoms with Crippen LogP contribution in [-0.2, 0) is 9.53 Å². The van der Waals surface area contributed by atoms with E-state index in [1.54, 1.807) is 38.1 Å². The first-order valence-corrected chi connectivity index (χ1v) is 12.8. The summed E-state index contributed by atoms with van der Waals surface area (Å²) < 4.78 is 5.53. The number of rotatable bonds is 4. The number of amidine groups is 2. The van der Waals surface area contributed by atoms with Gasteiger partial charge in [-0.15, -0.1) is 11.3 Å². The van der Waals surface area contributed by atoms with Gasteiger partial charge in [-0.2, -0.15) is 0 Å². The molecule has 0 radical (unpaired) electrons. The summed E-state index contributed by atoms with van der Waals surface area (Å²) in [6.07, 6.45) is -0.119. The summed E-state index contributed by atoms with van der Waals surface area (Å²) in [5.41, 5.74) is 10.5. The number of hydrogen-bond donors (Lipinski definition) is 5. The highest BCUT2D eigenvalue weighted by molar-refractivity contribution is 7.17. The van der Waals surface area contributed by atoms with E-state index in [4.69, 9.17) is 31.5 Å². The van der Waals surface area contributed by atoms with Gasteiger partial charge >= 0.3 is 5.97 Å². The Morgan fingerprint density at radius 1 is 1.32 bits per heavy atom. The number of aliphatic imine (C=N–C) groups is 2. The number of thiophene rings is 1. The van der Waals surface area contributed by atoms with Crippen LogP contribution in [-0.4, -0.2) is 52.7 Å². The molecule has 2 aromatic rings. The predicted octanol–water partition coefficient (Wildman–Crippen LogP) is 3.74. The molecule has 3 rings (SSSR count). The van der Waals surface area contributed by atoms with Crippen LogP contribution in [0.3, 0.4) is 0 Å². The van der Waals surface area contributed by atoms with Gasteiger partial charge in [0.15, 0.2) is 0 Å². The molecule has 1 aliphatic rings. The standard InChI is InChI=1S/C27H33N7O3S/c1-15-16(2)38-25-22(15)23(19-11-9-18(10-12-19)8-7-13-31-26(30)33-36)32-20(24(29)34(25)17(3)28)14-21(35)37-27(4,5)6/h9-12,20,28-29,36H,13-14H2,1-6H3,(H3,30,31,33)/t20-/m0/s1. The number of ether oxygens (including phenoxy) is 1. The molecule has 0 bridgehead atoms. The summed E-state index contributed by atoms with van der Waals surface area (Å²) >= 11 is 1.50. The second kappa shape index (κ2) is 11.6. The van der Waals surface area contributed by atoms with Crippen molar-refractivity contribution in [1.29, 1.82) is 10.8 Å². The lowest BCUT2D eigenvalue weighted by Gasteiger charge is -2.25. The zero-order chi connectivity index (χ0) is 28.2. The number of anilines is 1. The first-order valence-electron chi connectivity index (χ1n) is 12.0. The minimum absolute atomic E-state index is 0.0561. The van der Waals surface area contributed by atoms with E-state index in [1.165, 1.54) is 11.3 Å². The number of fused-ring (bicyclic) bond motifs is 1. The molecule has 38 heavy (non-hydrogen) atoms. The molecule has 0 saturated carbocycles. The molecule has 0 amide bonds. The number of hydroxylamine groups is 1. The Bertz CT molecular complexity index is 1370. The highest BCUT2D eigenvalue weighted by Gasteiger charge is 2.35. The SMILES string of the molecule is CC(=N)N1C(=N)[C@H](CC(=O)OC(C)(C)C)N=C(c2ccc(C#CCN=C(N)NO)cc2)c2c1sc(C)c2C. The number of nitrogens with zero attached hydrogens (tertiary/aromatic N) is 3. The number of hydrogen-bond acceptors (Lipinski definition) is 8. The van der Waals surface area contributed by atoms with Gasteiger partial charge in [0.1, 0.15) is 34.9 Å². The maximum absolute atomic E-state index is 12.8. The van der Waals surface area contributed by atoms with Crippen LogP contribution >= 0.6 is 11.3 Å². The van der Waals surface area contributed by atoms with Gasteiger partial charge in [-0.25, -0.2) is 10.5 Å². The van der Waals surface area contributed by atoms with Gasteiger partial charge in [-0.1, -0.05) is 24.0 Å². The van der Waals surface area contributed by atoms with Crippen molar-refractivity contribution in [1.82, 2.24) is 5.48 Å². The van der Waals surface area contributed by atoms with Crippen LogP contribution in [0, 0.1) is 36.5 Å². The number of benzene rings is 1. The molecule has 1 atom stereocenters. The highest BCUT2D eigenvalue weighted by Crippen LogP contribution is 2.40. The van der Waals surface area contributed by atoms with Crippen molar-refractivity contribution in [3.8, 4) is 11.8 Å². The molecule has 10 nitrogen and oxygen atoms in total. The smallest absolute Gasteiger partial charge is 0.308 e. The lowest BCUT2D eigenvalue weighted by atomic mass is 9.98. The fraction of sp³-hybridized carbons (Fsp3) is 0.370. The minimum atomic E-state index is -0.831. The van der Waals surface area contributed by atoms with Crippen LogP contribution in [0.15, 0.2) is 34.3 Å². The van der Waals surface area contributed by atoms with Crippen molar-refractivity contribution in [2.24, 2.45) is 15.7 Å². The zero-order valence-corrected chi connectivity index (χ0v) is 23.2. The van der Waals surface area contributed by atoms with Crippen LogP contribution in [0.4, 0.5) is 5.00 Å². The molecule has 2 heterocycles. The molecule has 0 spiro atoms. The van der Waals surface area contributed by atoms with Crippen LogP contribution in [0.25, 0.3) is 0 Å². The fourth-order valence-electron chi connectivity index (χ4n) is 3.83. The van der Waals surface area contributed by atoms with Gasteiger partial charge in [0.25, 0.3) is 0 Å². The highest BCUT2D eigenvalue weighted by atomic mass is 32.1. The fourth-order valence-corrected chi connectivity index (χ4v) is 5.06. The second-order valence-corrected chi connectivity index (χ2v) is 10.9. The van der Waals surface area contributed by atoms with Crippen LogP contribution in [0.5, 0.6) is 0 Å². The Morgan fingerprint density at radius 2 is 1.97 bits per heavy atom. The third kappa shape index (κ3) is 6.65.